The summed E-state index contributed by atoms with van der Waals surface area (Å²) in [5.74, 6) is 0.988. The van der Waals surface area contributed by atoms with E-state index in [1.165, 1.54) is 27.3 Å². The van der Waals surface area contributed by atoms with Crippen LogP contribution in [0.15, 0.2) is 18.2 Å². The molecular formula is C20H23ClN4S. The van der Waals surface area contributed by atoms with Crippen LogP contribution in [-0.2, 0) is 0 Å². The van der Waals surface area contributed by atoms with Gasteiger partial charge in [0.2, 0.25) is 5.28 Å². The van der Waals surface area contributed by atoms with Crippen LogP contribution in [0.4, 0.5) is 11.5 Å². The summed E-state index contributed by atoms with van der Waals surface area (Å²) in [5, 5.41) is 1.50. The number of thiophene rings is 1. The van der Waals surface area contributed by atoms with Crippen LogP contribution in [-0.4, -0.2) is 36.1 Å². The van der Waals surface area contributed by atoms with Gasteiger partial charge in [-0.3, -0.25) is 0 Å². The summed E-state index contributed by atoms with van der Waals surface area (Å²) in [6.45, 7) is 12.5. The highest BCUT2D eigenvalue weighted by atomic mass is 35.5. The summed E-state index contributed by atoms with van der Waals surface area (Å²) in [5.41, 5.74) is 5.34. The van der Waals surface area contributed by atoms with Crippen LogP contribution in [0.25, 0.3) is 10.2 Å². The second-order valence-electron chi connectivity index (χ2n) is 6.97. The summed E-state index contributed by atoms with van der Waals surface area (Å²) in [6.07, 6.45) is 0. The fourth-order valence-corrected chi connectivity index (χ4v) is 4.91. The highest BCUT2D eigenvalue weighted by molar-refractivity contribution is 7.18. The molecule has 1 aliphatic rings. The first kappa shape index (κ1) is 17.6. The first-order valence-corrected chi connectivity index (χ1v) is 10.1. The van der Waals surface area contributed by atoms with E-state index >= 15 is 0 Å². The van der Waals surface area contributed by atoms with Gasteiger partial charge in [0.15, 0.2) is 0 Å². The van der Waals surface area contributed by atoms with Gasteiger partial charge in [0.05, 0.1) is 5.39 Å². The smallest absolute Gasteiger partial charge is 0.225 e. The first-order chi connectivity index (χ1) is 12.5. The lowest BCUT2D eigenvalue weighted by Crippen LogP contribution is -2.47. The maximum absolute atomic E-state index is 6.21. The number of anilines is 2. The molecule has 0 saturated carbocycles. The third-order valence-electron chi connectivity index (χ3n) is 5.48. The minimum Gasteiger partial charge on any atom is -0.368 e. The number of benzene rings is 1. The SMILES string of the molecule is Cc1cccc(N2CCN(c3nc(Cl)nc4sc(C)c(C)c34)CC2)c1C. The lowest BCUT2D eigenvalue weighted by molar-refractivity contribution is 0.647. The quantitative estimate of drug-likeness (QED) is 0.586. The summed E-state index contributed by atoms with van der Waals surface area (Å²) in [4.78, 5) is 16.1. The average Bonchev–Trinajstić information content (AvgIpc) is 2.91. The lowest BCUT2D eigenvalue weighted by atomic mass is 10.1. The summed E-state index contributed by atoms with van der Waals surface area (Å²) >= 11 is 7.91. The summed E-state index contributed by atoms with van der Waals surface area (Å²) in [7, 11) is 0. The molecule has 4 nitrogen and oxygen atoms in total. The zero-order valence-corrected chi connectivity index (χ0v) is 17.2. The van der Waals surface area contributed by atoms with E-state index in [1.54, 1.807) is 11.3 Å². The van der Waals surface area contributed by atoms with Gasteiger partial charge < -0.3 is 9.80 Å². The van der Waals surface area contributed by atoms with Crippen molar-refractivity contribution in [2.45, 2.75) is 27.7 Å². The van der Waals surface area contributed by atoms with Gasteiger partial charge in [-0.1, -0.05) is 12.1 Å². The first-order valence-electron chi connectivity index (χ1n) is 8.95. The van der Waals surface area contributed by atoms with Gasteiger partial charge in [0.25, 0.3) is 0 Å². The van der Waals surface area contributed by atoms with Gasteiger partial charge >= 0.3 is 0 Å². The van der Waals surface area contributed by atoms with Crippen LogP contribution in [0.5, 0.6) is 0 Å². The Morgan fingerprint density at radius 1 is 0.923 bits per heavy atom. The Morgan fingerprint density at radius 3 is 2.35 bits per heavy atom. The Labute approximate surface area is 163 Å². The van der Waals surface area contributed by atoms with Crippen molar-refractivity contribution in [1.82, 2.24) is 9.97 Å². The number of fused-ring (bicyclic) bond motifs is 1. The highest BCUT2D eigenvalue weighted by Crippen LogP contribution is 2.36. The number of rotatable bonds is 2. The van der Waals surface area contributed by atoms with Gasteiger partial charge in [-0.2, -0.15) is 4.98 Å². The Morgan fingerprint density at radius 2 is 1.62 bits per heavy atom. The predicted molar refractivity (Wildman–Crippen MR) is 112 cm³/mol. The molecule has 1 fully saturated rings. The van der Waals surface area contributed by atoms with E-state index in [4.69, 9.17) is 11.6 Å². The zero-order valence-electron chi connectivity index (χ0n) is 15.6. The van der Waals surface area contributed by atoms with Crippen LogP contribution < -0.4 is 9.80 Å². The molecule has 6 heteroatoms. The molecule has 0 spiro atoms. The Hall–Kier alpha value is -1.85. The van der Waals surface area contributed by atoms with Gasteiger partial charge in [0.1, 0.15) is 10.6 Å². The van der Waals surface area contributed by atoms with Crippen LogP contribution in [0.1, 0.15) is 21.6 Å². The van der Waals surface area contributed by atoms with Crippen molar-refractivity contribution in [3.63, 3.8) is 0 Å². The highest BCUT2D eigenvalue weighted by Gasteiger charge is 2.24. The molecule has 1 aliphatic heterocycles. The van der Waals surface area contributed by atoms with E-state index in [9.17, 15) is 0 Å². The van der Waals surface area contributed by atoms with Crippen LogP contribution in [0.3, 0.4) is 0 Å². The summed E-state index contributed by atoms with van der Waals surface area (Å²) in [6, 6.07) is 6.55. The van der Waals surface area contributed by atoms with Crippen LogP contribution >= 0.6 is 22.9 Å². The lowest BCUT2D eigenvalue weighted by Gasteiger charge is -2.37. The predicted octanol–water partition coefficient (Wildman–Crippen LogP) is 4.90. The number of halogens is 1. The molecule has 0 N–H and O–H groups in total. The topological polar surface area (TPSA) is 32.3 Å². The number of aryl methyl sites for hydroxylation is 3. The summed E-state index contributed by atoms with van der Waals surface area (Å²) < 4.78 is 0. The fourth-order valence-electron chi connectivity index (χ4n) is 3.67. The Bertz CT molecular complexity index is 974. The molecule has 0 radical (unpaired) electrons. The number of nitrogens with zero attached hydrogens (tertiary/aromatic N) is 4. The Kier molecular flexibility index (Phi) is 4.53. The van der Waals surface area contributed by atoms with E-state index in [2.05, 4.69) is 65.7 Å². The number of hydrogen-bond acceptors (Lipinski definition) is 5. The van der Waals surface area contributed by atoms with Crippen molar-refractivity contribution in [2.75, 3.05) is 36.0 Å². The number of piperazine rings is 1. The molecular weight excluding hydrogens is 364 g/mol. The van der Waals surface area contributed by atoms with E-state index < -0.39 is 0 Å². The minimum absolute atomic E-state index is 0.339. The molecule has 0 amide bonds. The van der Waals surface area contributed by atoms with Crippen molar-refractivity contribution in [3.05, 3.63) is 45.1 Å². The third kappa shape index (κ3) is 2.93. The van der Waals surface area contributed by atoms with E-state index in [-0.39, 0.29) is 0 Å². The number of hydrogen-bond donors (Lipinski definition) is 0. The molecule has 1 aromatic carbocycles. The van der Waals surface area contributed by atoms with Crippen molar-refractivity contribution in [2.24, 2.45) is 0 Å². The van der Waals surface area contributed by atoms with Gasteiger partial charge in [-0.25, -0.2) is 4.98 Å². The maximum Gasteiger partial charge on any atom is 0.225 e. The molecule has 3 aromatic rings. The molecule has 0 unspecified atom stereocenters. The third-order valence-corrected chi connectivity index (χ3v) is 6.75. The monoisotopic (exact) mass is 386 g/mol. The van der Waals surface area contributed by atoms with Crippen molar-refractivity contribution in [3.8, 4) is 0 Å². The standard InChI is InChI=1S/C20H23ClN4S/c1-12-6-5-7-16(13(12)2)24-8-10-25(11-9-24)18-17-14(3)15(4)26-19(17)23-20(21)22-18/h5-7H,8-11H2,1-4H3. The molecule has 3 heterocycles. The molecule has 0 aliphatic carbocycles. The van der Waals surface area contributed by atoms with E-state index in [0.717, 1.165) is 42.2 Å². The normalized spacial score (nSPS) is 15.1. The van der Waals surface area contributed by atoms with E-state index in [0.29, 0.717) is 5.28 Å². The second kappa shape index (κ2) is 6.71. The molecule has 136 valence electrons. The molecule has 26 heavy (non-hydrogen) atoms. The zero-order chi connectivity index (χ0) is 18.4. The molecule has 2 aromatic heterocycles. The maximum atomic E-state index is 6.21. The van der Waals surface area contributed by atoms with Crippen molar-refractivity contribution in [1.29, 1.82) is 0 Å². The average molecular weight is 387 g/mol. The van der Waals surface area contributed by atoms with Gasteiger partial charge in [0, 0.05) is 36.7 Å². The number of aromatic nitrogens is 2. The minimum atomic E-state index is 0.339. The molecule has 0 atom stereocenters. The van der Waals surface area contributed by atoms with Crippen molar-refractivity contribution < 1.29 is 0 Å². The van der Waals surface area contributed by atoms with Crippen molar-refractivity contribution >= 4 is 44.7 Å². The van der Waals surface area contributed by atoms with Crippen LogP contribution in [0.2, 0.25) is 5.28 Å². The molecule has 1 saturated heterocycles. The van der Waals surface area contributed by atoms with Crippen LogP contribution in [0, 0.1) is 27.7 Å². The van der Waals surface area contributed by atoms with Gasteiger partial charge in [-0.15, -0.1) is 11.3 Å². The fraction of sp³-hybridized carbons (Fsp3) is 0.400. The van der Waals surface area contributed by atoms with E-state index in [1.807, 2.05) is 0 Å². The molecule has 0 bridgehead atoms. The second-order valence-corrected chi connectivity index (χ2v) is 8.51. The Balaban J connectivity index is 1.63. The largest absolute Gasteiger partial charge is 0.368 e. The van der Waals surface area contributed by atoms with Gasteiger partial charge in [-0.05, 0) is 62.1 Å². The molecule has 4 rings (SSSR count).